The third kappa shape index (κ3) is 3.28. The molecule has 24 heavy (non-hydrogen) atoms. The molecule has 0 aliphatic heterocycles. The van der Waals surface area contributed by atoms with Crippen LogP contribution in [0.1, 0.15) is 11.1 Å². The van der Waals surface area contributed by atoms with Crippen molar-refractivity contribution in [1.29, 1.82) is 5.26 Å². The Labute approximate surface area is 139 Å². The molecule has 1 heterocycles. The molecule has 0 radical (unpaired) electrons. The second-order valence-corrected chi connectivity index (χ2v) is 5.21. The fourth-order valence-electron chi connectivity index (χ4n) is 2.29. The molecule has 0 aliphatic rings. The highest BCUT2D eigenvalue weighted by molar-refractivity contribution is 5.67. The minimum absolute atomic E-state index is 0.201. The molecule has 0 amide bonds. The number of hydrogen-bond acceptors (Lipinski definition) is 5. The Morgan fingerprint density at radius 2 is 1.83 bits per heavy atom. The molecule has 2 aromatic carbocycles. The molecule has 0 saturated carbocycles. The van der Waals surface area contributed by atoms with Crippen LogP contribution < -0.4 is 10.5 Å². The van der Waals surface area contributed by atoms with Crippen LogP contribution in [-0.4, -0.2) is 10.1 Å². The van der Waals surface area contributed by atoms with E-state index in [1.54, 1.807) is 42.6 Å². The Balaban J connectivity index is 1.84. The van der Waals surface area contributed by atoms with Gasteiger partial charge in [-0.05, 0) is 29.8 Å². The van der Waals surface area contributed by atoms with Gasteiger partial charge in [0.1, 0.15) is 12.4 Å². The Kier molecular flexibility index (Phi) is 4.30. The van der Waals surface area contributed by atoms with Crippen molar-refractivity contribution in [1.82, 2.24) is 4.98 Å². The number of nitrogens with two attached hydrogens (primary N) is 1. The van der Waals surface area contributed by atoms with E-state index >= 15 is 0 Å². The predicted molar refractivity (Wildman–Crippen MR) is 91.2 cm³/mol. The molecular weight excluding hydrogens is 302 g/mol. The summed E-state index contributed by atoms with van der Waals surface area (Å²) < 4.78 is 5.76. The van der Waals surface area contributed by atoms with Gasteiger partial charge in [0.05, 0.1) is 11.6 Å². The average Bonchev–Trinajstić information content (AvgIpc) is 2.62. The standard InChI is InChI=1S/C19H15N3O2/c20-10-14-3-1-2-4-15(14)12-24-18-9-16(11-22-19(18)21)13-5-7-17(23)8-6-13/h1-9,11,23H,12H2,(H2,21,22). The van der Waals surface area contributed by atoms with Crippen LogP contribution in [-0.2, 0) is 6.61 Å². The number of phenolic OH excluding ortho intramolecular Hbond substituents is 1. The van der Waals surface area contributed by atoms with Gasteiger partial charge in [0.2, 0.25) is 0 Å². The zero-order chi connectivity index (χ0) is 16.9. The van der Waals surface area contributed by atoms with Gasteiger partial charge in [-0.2, -0.15) is 5.26 Å². The maximum Gasteiger partial charge on any atom is 0.166 e. The van der Waals surface area contributed by atoms with Crippen molar-refractivity contribution in [3.05, 3.63) is 71.9 Å². The minimum Gasteiger partial charge on any atom is -0.508 e. The maximum absolute atomic E-state index is 9.38. The van der Waals surface area contributed by atoms with E-state index in [9.17, 15) is 5.11 Å². The van der Waals surface area contributed by atoms with Gasteiger partial charge in [0.25, 0.3) is 0 Å². The number of rotatable bonds is 4. The highest BCUT2D eigenvalue weighted by Gasteiger charge is 2.08. The lowest BCUT2D eigenvalue weighted by Gasteiger charge is -2.11. The number of aromatic hydroxyl groups is 1. The van der Waals surface area contributed by atoms with E-state index in [0.29, 0.717) is 11.3 Å². The predicted octanol–water partition coefficient (Wildman–Crippen LogP) is 3.49. The van der Waals surface area contributed by atoms with Crippen LogP contribution in [0.15, 0.2) is 60.8 Å². The van der Waals surface area contributed by atoms with Gasteiger partial charge in [-0.25, -0.2) is 4.98 Å². The topological polar surface area (TPSA) is 92.2 Å². The molecule has 5 heteroatoms. The van der Waals surface area contributed by atoms with Crippen molar-refractivity contribution in [3.63, 3.8) is 0 Å². The summed E-state index contributed by atoms with van der Waals surface area (Å²) in [5.74, 6) is 0.937. The third-order valence-corrected chi connectivity index (χ3v) is 3.60. The van der Waals surface area contributed by atoms with Gasteiger partial charge in [-0.3, -0.25) is 0 Å². The molecule has 0 bridgehead atoms. The van der Waals surface area contributed by atoms with Crippen LogP contribution in [0.25, 0.3) is 11.1 Å². The van der Waals surface area contributed by atoms with Crippen molar-refractivity contribution in [2.24, 2.45) is 0 Å². The second kappa shape index (κ2) is 6.71. The SMILES string of the molecule is N#Cc1ccccc1COc1cc(-c2ccc(O)cc2)cnc1N. The van der Waals surface area contributed by atoms with Gasteiger partial charge >= 0.3 is 0 Å². The maximum atomic E-state index is 9.38. The number of nitriles is 1. The first-order valence-corrected chi connectivity index (χ1v) is 7.33. The van der Waals surface area contributed by atoms with Crippen LogP contribution in [0.2, 0.25) is 0 Å². The first kappa shape index (κ1) is 15.4. The van der Waals surface area contributed by atoms with E-state index in [0.717, 1.165) is 16.7 Å². The van der Waals surface area contributed by atoms with Gasteiger partial charge in [-0.1, -0.05) is 30.3 Å². The Hall–Kier alpha value is -3.52. The smallest absolute Gasteiger partial charge is 0.166 e. The van der Waals surface area contributed by atoms with E-state index < -0.39 is 0 Å². The first-order chi connectivity index (χ1) is 11.7. The molecule has 0 aliphatic carbocycles. The van der Waals surface area contributed by atoms with Crippen LogP contribution in [0.5, 0.6) is 11.5 Å². The highest BCUT2D eigenvalue weighted by atomic mass is 16.5. The summed E-state index contributed by atoms with van der Waals surface area (Å²) in [6.45, 7) is 0.231. The quantitative estimate of drug-likeness (QED) is 0.768. The number of nitrogens with zero attached hydrogens (tertiary/aromatic N) is 2. The molecule has 0 atom stereocenters. The number of phenols is 1. The van der Waals surface area contributed by atoms with Crippen molar-refractivity contribution in [2.75, 3.05) is 5.73 Å². The summed E-state index contributed by atoms with van der Waals surface area (Å²) in [5, 5.41) is 18.5. The van der Waals surface area contributed by atoms with E-state index in [2.05, 4.69) is 11.1 Å². The largest absolute Gasteiger partial charge is 0.508 e. The molecular formula is C19H15N3O2. The zero-order valence-electron chi connectivity index (χ0n) is 12.8. The summed E-state index contributed by atoms with van der Waals surface area (Å²) in [6, 6.07) is 18.0. The van der Waals surface area contributed by atoms with Crippen molar-refractivity contribution < 1.29 is 9.84 Å². The van der Waals surface area contributed by atoms with E-state index in [1.165, 1.54) is 0 Å². The van der Waals surface area contributed by atoms with Crippen molar-refractivity contribution in [3.8, 4) is 28.7 Å². The van der Waals surface area contributed by atoms with E-state index in [1.807, 2.05) is 18.2 Å². The minimum atomic E-state index is 0.201. The van der Waals surface area contributed by atoms with Crippen molar-refractivity contribution in [2.45, 2.75) is 6.61 Å². The second-order valence-electron chi connectivity index (χ2n) is 5.21. The molecule has 118 valence electrons. The monoisotopic (exact) mass is 317 g/mol. The Morgan fingerprint density at radius 3 is 2.58 bits per heavy atom. The Bertz CT molecular complexity index is 899. The summed E-state index contributed by atoms with van der Waals surface area (Å²) in [5.41, 5.74) is 8.96. The van der Waals surface area contributed by atoms with Gasteiger partial charge in [0.15, 0.2) is 11.6 Å². The lowest BCUT2D eigenvalue weighted by Crippen LogP contribution is -2.02. The fourth-order valence-corrected chi connectivity index (χ4v) is 2.29. The van der Waals surface area contributed by atoms with Gasteiger partial charge < -0.3 is 15.6 Å². The van der Waals surface area contributed by atoms with E-state index in [-0.39, 0.29) is 18.2 Å². The number of pyridine rings is 1. The summed E-state index contributed by atoms with van der Waals surface area (Å²) in [7, 11) is 0. The Morgan fingerprint density at radius 1 is 1.08 bits per heavy atom. The fraction of sp³-hybridized carbons (Fsp3) is 0.0526. The lowest BCUT2D eigenvalue weighted by molar-refractivity contribution is 0.307. The number of anilines is 1. The molecule has 0 saturated heterocycles. The molecule has 0 fully saturated rings. The molecule has 0 spiro atoms. The summed E-state index contributed by atoms with van der Waals surface area (Å²) in [6.07, 6.45) is 1.65. The van der Waals surface area contributed by atoms with Crippen LogP contribution in [0, 0.1) is 11.3 Å². The highest BCUT2D eigenvalue weighted by Crippen LogP contribution is 2.28. The number of aromatic nitrogens is 1. The number of nitrogen functional groups attached to an aromatic ring is 1. The summed E-state index contributed by atoms with van der Waals surface area (Å²) >= 11 is 0. The number of ether oxygens (including phenoxy) is 1. The average molecular weight is 317 g/mol. The number of hydrogen-bond donors (Lipinski definition) is 2. The zero-order valence-corrected chi connectivity index (χ0v) is 12.8. The lowest BCUT2D eigenvalue weighted by atomic mass is 10.1. The van der Waals surface area contributed by atoms with Gasteiger partial charge in [0, 0.05) is 17.3 Å². The molecule has 3 N–H and O–H groups in total. The molecule has 5 nitrogen and oxygen atoms in total. The molecule has 3 aromatic rings. The van der Waals surface area contributed by atoms with Crippen molar-refractivity contribution >= 4 is 5.82 Å². The van der Waals surface area contributed by atoms with Gasteiger partial charge in [-0.15, -0.1) is 0 Å². The number of benzene rings is 2. The first-order valence-electron chi connectivity index (χ1n) is 7.33. The summed E-state index contributed by atoms with van der Waals surface area (Å²) in [4.78, 5) is 4.16. The third-order valence-electron chi connectivity index (χ3n) is 3.60. The molecule has 1 aromatic heterocycles. The van der Waals surface area contributed by atoms with Crippen LogP contribution in [0.4, 0.5) is 5.82 Å². The van der Waals surface area contributed by atoms with Crippen LogP contribution >= 0.6 is 0 Å². The molecule has 3 rings (SSSR count). The molecule has 0 unspecified atom stereocenters. The van der Waals surface area contributed by atoms with E-state index in [4.69, 9.17) is 15.7 Å². The normalized spacial score (nSPS) is 10.1. The van der Waals surface area contributed by atoms with Crippen LogP contribution in [0.3, 0.4) is 0 Å².